The number of rotatable bonds is 9. The lowest BCUT2D eigenvalue weighted by atomic mass is 10.1. The van der Waals surface area contributed by atoms with Crippen LogP contribution in [-0.2, 0) is 27.6 Å². The molecular weight excluding hydrogens is 463 g/mol. The minimum Gasteiger partial charge on any atom is -0.337 e. The molecule has 0 spiro atoms. The molecule has 0 aliphatic rings. The summed E-state index contributed by atoms with van der Waals surface area (Å²) in [5.41, 5.74) is 1.35. The van der Waals surface area contributed by atoms with E-state index in [1.54, 1.807) is 42.5 Å². The molecule has 0 unspecified atom stereocenters. The summed E-state index contributed by atoms with van der Waals surface area (Å²) in [4.78, 5) is 23.7. The Balaban J connectivity index is 1.55. The van der Waals surface area contributed by atoms with Gasteiger partial charge in [-0.15, -0.1) is 0 Å². The van der Waals surface area contributed by atoms with Crippen LogP contribution in [0.2, 0.25) is 0 Å². The Morgan fingerprint density at radius 1 is 1.18 bits per heavy atom. The number of benzene rings is 2. The molecule has 1 amide bonds. The van der Waals surface area contributed by atoms with Crippen molar-refractivity contribution in [3.8, 4) is 0 Å². The molecule has 2 aromatic carbocycles. The lowest BCUT2D eigenvalue weighted by Gasteiger charge is -2.20. The largest absolute Gasteiger partial charge is 0.337 e. The van der Waals surface area contributed by atoms with Crippen LogP contribution in [0.1, 0.15) is 18.9 Å². The highest BCUT2D eigenvalue weighted by Crippen LogP contribution is 2.30. The van der Waals surface area contributed by atoms with Crippen molar-refractivity contribution in [3.05, 3.63) is 72.6 Å². The number of sulfone groups is 1. The smallest absolute Gasteiger partial charge is 0.233 e. The molecule has 0 aliphatic carbocycles. The molecule has 0 fully saturated rings. The molecule has 4 aromatic rings. The Kier molecular flexibility index (Phi) is 6.85. The first-order chi connectivity index (χ1) is 15.9. The number of hydrogen-bond acceptors (Lipinski definition) is 6. The molecule has 0 atom stereocenters. The molecule has 7 nitrogen and oxygen atoms in total. The summed E-state index contributed by atoms with van der Waals surface area (Å²) in [6.45, 7) is 2.72. The summed E-state index contributed by atoms with van der Waals surface area (Å²) in [7, 11) is -3.30. The molecule has 0 saturated carbocycles. The number of carbonyl (C=O) groups excluding carboxylic acids is 1. The maximum atomic E-state index is 13.6. The average Bonchev–Trinajstić information content (AvgIpc) is 3.46. The molecule has 2 heterocycles. The van der Waals surface area contributed by atoms with Crippen LogP contribution in [-0.4, -0.2) is 41.2 Å². The number of thiazole rings is 1. The molecule has 0 bridgehead atoms. The number of anilines is 1. The molecule has 2 aromatic heterocycles. The number of fused-ring (bicyclic) bond motifs is 1. The molecule has 0 N–H and O–H groups in total. The summed E-state index contributed by atoms with van der Waals surface area (Å²) >= 11 is 1.27. The van der Waals surface area contributed by atoms with E-state index in [4.69, 9.17) is 0 Å². The number of amides is 1. The molecule has 172 valence electrons. The maximum Gasteiger partial charge on any atom is 0.233 e. The van der Waals surface area contributed by atoms with Crippen molar-refractivity contribution in [2.45, 2.75) is 31.2 Å². The topological polar surface area (TPSA) is 85.2 Å². The monoisotopic (exact) mass is 486 g/mol. The first-order valence-electron chi connectivity index (χ1n) is 10.5. The fourth-order valence-electron chi connectivity index (χ4n) is 3.41. The van der Waals surface area contributed by atoms with Crippen LogP contribution in [0.25, 0.3) is 10.2 Å². The minimum absolute atomic E-state index is 0.0220. The Morgan fingerprint density at radius 3 is 2.67 bits per heavy atom. The van der Waals surface area contributed by atoms with Crippen molar-refractivity contribution in [3.63, 3.8) is 0 Å². The second-order valence-electron chi connectivity index (χ2n) is 7.53. The highest BCUT2D eigenvalue weighted by atomic mass is 32.2. The van der Waals surface area contributed by atoms with Gasteiger partial charge in [0.1, 0.15) is 5.82 Å². The van der Waals surface area contributed by atoms with Crippen LogP contribution in [0.3, 0.4) is 0 Å². The highest BCUT2D eigenvalue weighted by Gasteiger charge is 2.21. The molecule has 0 saturated heterocycles. The quantitative estimate of drug-likeness (QED) is 0.356. The predicted molar refractivity (Wildman–Crippen MR) is 127 cm³/mol. The number of imidazole rings is 1. The SMILES string of the molecule is CCS(=O)(=O)c1ccc(CC(=O)N(CCCn2ccnc2)c2nc3ccc(F)cc3s2)cc1. The first-order valence-corrected chi connectivity index (χ1v) is 13.0. The molecule has 0 radical (unpaired) electrons. The summed E-state index contributed by atoms with van der Waals surface area (Å²) in [6.07, 6.45) is 6.06. The van der Waals surface area contributed by atoms with Crippen molar-refractivity contribution < 1.29 is 17.6 Å². The van der Waals surface area contributed by atoms with E-state index in [9.17, 15) is 17.6 Å². The van der Waals surface area contributed by atoms with Crippen LogP contribution in [0, 0.1) is 5.82 Å². The van der Waals surface area contributed by atoms with E-state index in [1.165, 1.54) is 35.6 Å². The zero-order valence-corrected chi connectivity index (χ0v) is 19.7. The van der Waals surface area contributed by atoms with Gasteiger partial charge in [0, 0.05) is 25.5 Å². The van der Waals surface area contributed by atoms with Gasteiger partial charge in [-0.1, -0.05) is 30.4 Å². The Morgan fingerprint density at radius 2 is 1.97 bits per heavy atom. The molecule has 0 aliphatic heterocycles. The van der Waals surface area contributed by atoms with E-state index >= 15 is 0 Å². The van der Waals surface area contributed by atoms with Gasteiger partial charge in [-0.25, -0.2) is 22.8 Å². The van der Waals surface area contributed by atoms with E-state index in [2.05, 4.69) is 9.97 Å². The van der Waals surface area contributed by atoms with Gasteiger partial charge in [0.2, 0.25) is 5.91 Å². The van der Waals surface area contributed by atoms with Crippen molar-refractivity contribution in [1.82, 2.24) is 14.5 Å². The summed E-state index contributed by atoms with van der Waals surface area (Å²) in [6, 6.07) is 10.8. The second kappa shape index (κ2) is 9.80. The standard InChI is InChI=1S/C23H23FN4O3S2/c1-2-33(30,31)19-7-4-17(5-8-19)14-22(29)28(12-3-11-27-13-10-25-16-27)23-26-20-9-6-18(24)15-21(20)32-23/h4-10,13,15-16H,2-3,11-12,14H2,1H3. The van der Waals surface area contributed by atoms with E-state index in [0.29, 0.717) is 40.4 Å². The number of hydrogen-bond donors (Lipinski definition) is 0. The molecule has 4 rings (SSSR count). The number of halogens is 1. The second-order valence-corrected chi connectivity index (χ2v) is 10.8. The summed E-state index contributed by atoms with van der Waals surface area (Å²) in [5, 5.41) is 0.511. The van der Waals surface area contributed by atoms with Crippen LogP contribution in [0.4, 0.5) is 9.52 Å². The van der Waals surface area contributed by atoms with Crippen LogP contribution >= 0.6 is 11.3 Å². The first kappa shape index (κ1) is 23.1. The van der Waals surface area contributed by atoms with Crippen molar-refractivity contribution in [2.24, 2.45) is 0 Å². The van der Waals surface area contributed by atoms with E-state index in [1.807, 2.05) is 10.8 Å². The number of aromatic nitrogens is 3. The van der Waals surface area contributed by atoms with Gasteiger partial charge in [0.25, 0.3) is 0 Å². The van der Waals surface area contributed by atoms with E-state index in [0.717, 1.165) is 0 Å². The molecule has 33 heavy (non-hydrogen) atoms. The summed E-state index contributed by atoms with van der Waals surface area (Å²) < 4.78 is 40.3. The van der Waals surface area contributed by atoms with Gasteiger partial charge < -0.3 is 4.57 Å². The zero-order valence-electron chi connectivity index (χ0n) is 18.0. The van der Waals surface area contributed by atoms with Gasteiger partial charge >= 0.3 is 0 Å². The third-order valence-electron chi connectivity index (χ3n) is 5.25. The Bertz CT molecular complexity index is 1350. The molecular formula is C23H23FN4O3S2. The fourth-order valence-corrected chi connectivity index (χ4v) is 5.33. The van der Waals surface area contributed by atoms with Crippen LogP contribution < -0.4 is 4.90 Å². The van der Waals surface area contributed by atoms with E-state index in [-0.39, 0.29) is 28.8 Å². The average molecular weight is 487 g/mol. The van der Waals surface area contributed by atoms with Gasteiger partial charge in [0.15, 0.2) is 15.0 Å². The van der Waals surface area contributed by atoms with Crippen LogP contribution in [0.5, 0.6) is 0 Å². The fraction of sp³-hybridized carbons (Fsp3) is 0.261. The van der Waals surface area contributed by atoms with Crippen LogP contribution in [0.15, 0.2) is 66.1 Å². The zero-order chi connectivity index (χ0) is 23.4. The predicted octanol–water partition coefficient (Wildman–Crippen LogP) is 4.09. The van der Waals surface area contributed by atoms with Gasteiger partial charge in [-0.3, -0.25) is 9.69 Å². The summed E-state index contributed by atoms with van der Waals surface area (Å²) in [5.74, 6) is -0.488. The van der Waals surface area contributed by atoms with Crippen molar-refractivity contribution >= 4 is 42.4 Å². The van der Waals surface area contributed by atoms with Crippen molar-refractivity contribution in [1.29, 1.82) is 0 Å². The Hall–Kier alpha value is -3.11. The normalized spacial score (nSPS) is 11.7. The highest BCUT2D eigenvalue weighted by molar-refractivity contribution is 7.91. The third kappa shape index (κ3) is 5.45. The van der Waals surface area contributed by atoms with Gasteiger partial charge in [-0.2, -0.15) is 0 Å². The van der Waals surface area contributed by atoms with Gasteiger partial charge in [0.05, 0.1) is 33.6 Å². The Labute approximate surface area is 195 Å². The maximum absolute atomic E-state index is 13.6. The third-order valence-corrected chi connectivity index (χ3v) is 8.04. The lowest BCUT2D eigenvalue weighted by Crippen LogP contribution is -2.33. The van der Waals surface area contributed by atoms with Crippen molar-refractivity contribution in [2.75, 3.05) is 17.2 Å². The number of aryl methyl sites for hydroxylation is 1. The number of carbonyl (C=O) groups is 1. The minimum atomic E-state index is -3.30. The number of nitrogens with zero attached hydrogens (tertiary/aromatic N) is 4. The molecule has 10 heteroatoms. The lowest BCUT2D eigenvalue weighted by molar-refractivity contribution is -0.118. The van der Waals surface area contributed by atoms with E-state index < -0.39 is 9.84 Å². The van der Waals surface area contributed by atoms with Gasteiger partial charge in [-0.05, 0) is 42.3 Å².